The Kier molecular flexibility index (Phi) is 4.45. The number of amides is 1. The van der Waals surface area contributed by atoms with E-state index < -0.39 is 23.7 Å². The monoisotopic (exact) mass is 295 g/mol. The van der Waals surface area contributed by atoms with Crippen LogP contribution in [0.2, 0.25) is 0 Å². The molecule has 5 nitrogen and oxygen atoms in total. The number of carbonyl (C=O) groups excluding carboxylic acids is 1. The number of hydrogen-bond acceptors (Lipinski definition) is 3. The van der Waals surface area contributed by atoms with Gasteiger partial charge in [0, 0.05) is 6.54 Å². The molecule has 21 heavy (non-hydrogen) atoms. The van der Waals surface area contributed by atoms with Crippen molar-refractivity contribution in [2.75, 3.05) is 13.7 Å². The third kappa shape index (κ3) is 2.84. The summed E-state index contributed by atoms with van der Waals surface area (Å²) >= 11 is 0. The van der Waals surface area contributed by atoms with Crippen LogP contribution in [0.15, 0.2) is 18.2 Å². The molecule has 2 unspecified atom stereocenters. The Morgan fingerprint density at radius 1 is 1.43 bits per heavy atom. The average molecular weight is 295 g/mol. The first-order chi connectivity index (χ1) is 9.97. The highest BCUT2D eigenvalue weighted by atomic mass is 19.1. The van der Waals surface area contributed by atoms with Gasteiger partial charge >= 0.3 is 5.97 Å². The van der Waals surface area contributed by atoms with Crippen LogP contribution in [-0.4, -0.2) is 41.6 Å². The van der Waals surface area contributed by atoms with Gasteiger partial charge in [-0.05, 0) is 30.9 Å². The molecule has 0 saturated carbocycles. The van der Waals surface area contributed by atoms with Crippen molar-refractivity contribution < 1.29 is 23.8 Å². The maximum absolute atomic E-state index is 14.0. The Balaban J connectivity index is 2.41. The number of rotatable bonds is 3. The molecule has 2 atom stereocenters. The zero-order chi connectivity index (χ0) is 15.6. The highest BCUT2D eigenvalue weighted by Crippen LogP contribution is 2.29. The molecule has 0 aromatic heterocycles. The number of aliphatic carboxylic acids is 1. The number of halogens is 1. The molecule has 1 aromatic carbocycles. The topological polar surface area (TPSA) is 66.8 Å². The molecular weight excluding hydrogens is 277 g/mol. The van der Waals surface area contributed by atoms with Crippen LogP contribution in [0.3, 0.4) is 0 Å². The molecule has 0 bridgehead atoms. The summed E-state index contributed by atoms with van der Waals surface area (Å²) in [5.74, 6) is -2.46. The largest absolute Gasteiger partial charge is 0.496 e. The van der Waals surface area contributed by atoms with E-state index in [0.717, 1.165) is 6.42 Å². The number of carboxylic acids is 1. The Bertz CT molecular complexity index is 561. The van der Waals surface area contributed by atoms with Crippen LogP contribution in [0, 0.1) is 11.7 Å². The van der Waals surface area contributed by atoms with E-state index in [0.29, 0.717) is 13.0 Å². The lowest BCUT2D eigenvalue weighted by molar-refractivity contribution is -0.145. The van der Waals surface area contributed by atoms with Crippen LogP contribution in [0.1, 0.15) is 30.1 Å². The van der Waals surface area contributed by atoms with E-state index in [4.69, 9.17) is 4.74 Å². The lowest BCUT2D eigenvalue weighted by atomic mass is 9.90. The van der Waals surface area contributed by atoms with E-state index in [-0.39, 0.29) is 17.2 Å². The second-order valence-corrected chi connectivity index (χ2v) is 5.22. The molecule has 0 spiro atoms. The van der Waals surface area contributed by atoms with Gasteiger partial charge in [-0.3, -0.25) is 4.79 Å². The number of ether oxygens (including phenoxy) is 1. The first-order valence-corrected chi connectivity index (χ1v) is 6.83. The van der Waals surface area contributed by atoms with Crippen molar-refractivity contribution in [3.8, 4) is 5.75 Å². The Morgan fingerprint density at radius 2 is 2.14 bits per heavy atom. The molecular formula is C15H18FNO4. The summed E-state index contributed by atoms with van der Waals surface area (Å²) < 4.78 is 19.0. The number of nitrogens with zero attached hydrogens (tertiary/aromatic N) is 1. The van der Waals surface area contributed by atoms with Gasteiger partial charge in [0.15, 0.2) is 0 Å². The molecule has 1 saturated heterocycles. The van der Waals surface area contributed by atoms with Crippen molar-refractivity contribution in [2.24, 2.45) is 5.92 Å². The standard InChI is InChI=1S/C15H18FNO4/c1-9-5-4-8-17(13(9)15(19)20)14(18)12-10(16)6-3-7-11(12)21-2/h3,6-7,9,13H,4-5,8H2,1-2H3,(H,19,20). The highest BCUT2D eigenvalue weighted by molar-refractivity contribution is 5.99. The van der Waals surface area contributed by atoms with Crippen molar-refractivity contribution in [3.05, 3.63) is 29.6 Å². The van der Waals surface area contributed by atoms with Crippen molar-refractivity contribution in [1.82, 2.24) is 4.90 Å². The zero-order valence-corrected chi connectivity index (χ0v) is 12.0. The minimum atomic E-state index is -1.06. The SMILES string of the molecule is COc1cccc(F)c1C(=O)N1CCCC(C)C1C(=O)O. The molecule has 1 N–H and O–H groups in total. The van der Waals surface area contributed by atoms with Crippen molar-refractivity contribution in [3.63, 3.8) is 0 Å². The fourth-order valence-electron chi connectivity index (χ4n) is 2.82. The molecule has 0 radical (unpaired) electrons. The Morgan fingerprint density at radius 3 is 2.76 bits per heavy atom. The maximum Gasteiger partial charge on any atom is 0.326 e. The van der Waals surface area contributed by atoms with Crippen molar-refractivity contribution in [1.29, 1.82) is 0 Å². The molecule has 1 amide bonds. The first-order valence-electron chi connectivity index (χ1n) is 6.83. The number of likely N-dealkylation sites (tertiary alicyclic amines) is 1. The number of carboxylic acid groups (broad SMARTS) is 1. The third-order valence-electron chi connectivity index (χ3n) is 3.86. The van der Waals surface area contributed by atoms with Crippen LogP contribution in [0.25, 0.3) is 0 Å². The highest BCUT2D eigenvalue weighted by Gasteiger charge is 2.38. The summed E-state index contributed by atoms with van der Waals surface area (Å²) in [6, 6.07) is 3.16. The van der Waals surface area contributed by atoms with Gasteiger partial charge in [-0.25, -0.2) is 9.18 Å². The lowest BCUT2D eigenvalue weighted by Gasteiger charge is -2.37. The summed E-state index contributed by atoms with van der Waals surface area (Å²) in [6.07, 6.45) is 1.43. The quantitative estimate of drug-likeness (QED) is 0.928. The van der Waals surface area contributed by atoms with Gasteiger partial charge < -0.3 is 14.7 Å². The molecule has 1 fully saturated rings. The number of benzene rings is 1. The van der Waals surface area contributed by atoms with Gasteiger partial charge in [-0.1, -0.05) is 13.0 Å². The second-order valence-electron chi connectivity index (χ2n) is 5.22. The van der Waals surface area contributed by atoms with Gasteiger partial charge in [-0.2, -0.15) is 0 Å². The van der Waals surface area contributed by atoms with Gasteiger partial charge in [0.25, 0.3) is 5.91 Å². The average Bonchev–Trinajstić information content (AvgIpc) is 2.45. The second kappa shape index (κ2) is 6.11. The first kappa shape index (κ1) is 15.3. The summed E-state index contributed by atoms with van der Waals surface area (Å²) in [7, 11) is 1.35. The fraction of sp³-hybridized carbons (Fsp3) is 0.467. The minimum absolute atomic E-state index is 0.113. The smallest absolute Gasteiger partial charge is 0.326 e. The number of carbonyl (C=O) groups is 2. The summed E-state index contributed by atoms with van der Waals surface area (Å²) in [5.41, 5.74) is -0.208. The van der Waals surface area contributed by atoms with Gasteiger partial charge in [-0.15, -0.1) is 0 Å². The van der Waals surface area contributed by atoms with E-state index in [1.807, 2.05) is 0 Å². The van der Waals surface area contributed by atoms with Gasteiger partial charge in [0.05, 0.1) is 7.11 Å². The minimum Gasteiger partial charge on any atom is -0.496 e. The molecule has 1 heterocycles. The van der Waals surface area contributed by atoms with E-state index >= 15 is 0 Å². The Hall–Kier alpha value is -2.11. The van der Waals surface area contributed by atoms with Gasteiger partial charge in [0.2, 0.25) is 0 Å². The fourth-order valence-corrected chi connectivity index (χ4v) is 2.82. The predicted octanol–water partition coefficient (Wildman–Crippen LogP) is 2.16. The Labute approximate surface area is 122 Å². The van der Waals surface area contributed by atoms with Crippen LogP contribution >= 0.6 is 0 Å². The molecule has 6 heteroatoms. The van der Waals surface area contributed by atoms with Crippen molar-refractivity contribution in [2.45, 2.75) is 25.8 Å². The van der Waals surface area contributed by atoms with E-state index in [1.54, 1.807) is 6.92 Å². The van der Waals surface area contributed by atoms with Crippen LogP contribution in [0.4, 0.5) is 4.39 Å². The summed E-state index contributed by atoms with van der Waals surface area (Å²) in [4.78, 5) is 25.3. The summed E-state index contributed by atoms with van der Waals surface area (Å²) in [6.45, 7) is 2.09. The zero-order valence-electron chi connectivity index (χ0n) is 12.0. The molecule has 1 aromatic rings. The lowest BCUT2D eigenvalue weighted by Crippen LogP contribution is -2.52. The molecule has 2 rings (SSSR count). The van der Waals surface area contributed by atoms with E-state index in [9.17, 15) is 19.1 Å². The van der Waals surface area contributed by atoms with E-state index in [1.165, 1.54) is 30.2 Å². The van der Waals surface area contributed by atoms with Gasteiger partial charge in [0.1, 0.15) is 23.2 Å². The normalized spacial score (nSPS) is 22.0. The number of methoxy groups -OCH3 is 1. The van der Waals surface area contributed by atoms with Crippen LogP contribution in [-0.2, 0) is 4.79 Å². The molecule has 114 valence electrons. The number of piperidine rings is 1. The third-order valence-corrected chi connectivity index (χ3v) is 3.86. The van der Waals surface area contributed by atoms with Crippen LogP contribution < -0.4 is 4.74 Å². The maximum atomic E-state index is 14.0. The van der Waals surface area contributed by atoms with Crippen molar-refractivity contribution >= 4 is 11.9 Å². The number of hydrogen-bond donors (Lipinski definition) is 1. The van der Waals surface area contributed by atoms with Crippen LogP contribution in [0.5, 0.6) is 5.75 Å². The predicted molar refractivity (Wildman–Crippen MR) is 73.8 cm³/mol. The van der Waals surface area contributed by atoms with E-state index in [2.05, 4.69) is 0 Å². The molecule has 1 aliphatic heterocycles. The molecule has 0 aliphatic carbocycles. The molecule has 1 aliphatic rings. The summed E-state index contributed by atoms with van der Waals surface area (Å²) in [5, 5.41) is 9.35.